The maximum Gasteiger partial charge on any atom is 0.136 e. The lowest BCUT2D eigenvalue weighted by Gasteiger charge is -2.16. The van der Waals surface area contributed by atoms with Gasteiger partial charge in [0.1, 0.15) is 12.1 Å². The molecule has 0 saturated heterocycles. The molecule has 0 aliphatic carbocycles. The van der Waals surface area contributed by atoms with Crippen LogP contribution in [0.25, 0.3) is 0 Å². The molecule has 0 amide bonds. The number of ketones is 1. The first-order chi connectivity index (χ1) is 10.7. The van der Waals surface area contributed by atoms with Crippen molar-refractivity contribution >= 4 is 12.1 Å². The number of hydrogen-bond donors (Lipinski definition) is 1. The van der Waals surface area contributed by atoms with Crippen molar-refractivity contribution in [3.05, 3.63) is 0 Å². The van der Waals surface area contributed by atoms with Gasteiger partial charge in [0.2, 0.25) is 0 Å². The van der Waals surface area contributed by atoms with Crippen LogP contribution in [0.5, 0.6) is 0 Å². The zero-order valence-electron chi connectivity index (χ0n) is 14.7. The van der Waals surface area contributed by atoms with E-state index in [1.165, 1.54) is 32.1 Å². The number of carbonyl (C=O) groups is 2. The summed E-state index contributed by atoms with van der Waals surface area (Å²) in [6, 6.07) is 0. The molecule has 0 aromatic heterocycles. The van der Waals surface area contributed by atoms with Crippen LogP contribution in [0.4, 0.5) is 0 Å². The van der Waals surface area contributed by atoms with Gasteiger partial charge in [0, 0.05) is 25.3 Å². The van der Waals surface area contributed by atoms with Crippen LogP contribution in [0.1, 0.15) is 78.6 Å². The van der Waals surface area contributed by atoms with Crippen LogP contribution in [0, 0.1) is 11.8 Å². The molecule has 2 unspecified atom stereocenters. The van der Waals surface area contributed by atoms with Gasteiger partial charge in [-0.2, -0.15) is 0 Å². The Labute approximate surface area is 136 Å². The van der Waals surface area contributed by atoms with Crippen LogP contribution >= 0.6 is 0 Å². The second-order valence-electron chi connectivity index (χ2n) is 6.22. The van der Waals surface area contributed by atoms with Gasteiger partial charge in [-0.1, -0.05) is 52.9 Å². The van der Waals surface area contributed by atoms with Crippen LogP contribution in [0.2, 0.25) is 0 Å². The zero-order chi connectivity index (χ0) is 16.6. The van der Waals surface area contributed by atoms with Crippen LogP contribution < -0.4 is 5.48 Å². The topological polar surface area (TPSA) is 55.4 Å². The van der Waals surface area contributed by atoms with Crippen molar-refractivity contribution in [3.8, 4) is 0 Å². The molecule has 0 aliphatic heterocycles. The van der Waals surface area contributed by atoms with E-state index in [1.54, 1.807) is 0 Å². The molecule has 0 heterocycles. The van der Waals surface area contributed by atoms with E-state index in [1.807, 2.05) is 13.8 Å². The smallest absolute Gasteiger partial charge is 0.136 e. The molecule has 4 heteroatoms. The fraction of sp³-hybridized carbons (Fsp3) is 0.889. The van der Waals surface area contributed by atoms with Crippen LogP contribution in [0.15, 0.2) is 0 Å². The standard InChI is InChI=1S/C18H35NO3/c1-4-6-7-8-9-10-12-19-22-15-17(11-13-20)14-18(21)16(3)5-2/h13,16-17,19H,4-12,14-15H2,1-3H3. The van der Waals surface area contributed by atoms with Crippen molar-refractivity contribution in [2.45, 2.75) is 78.6 Å². The largest absolute Gasteiger partial charge is 0.303 e. The summed E-state index contributed by atoms with van der Waals surface area (Å²) in [7, 11) is 0. The summed E-state index contributed by atoms with van der Waals surface area (Å²) >= 11 is 0. The quantitative estimate of drug-likeness (QED) is 0.265. The predicted octanol–water partition coefficient (Wildman–Crippen LogP) is 4.08. The van der Waals surface area contributed by atoms with Gasteiger partial charge in [0.05, 0.1) is 6.61 Å². The summed E-state index contributed by atoms with van der Waals surface area (Å²) in [6.45, 7) is 7.43. The van der Waals surface area contributed by atoms with Crippen LogP contribution in [0.3, 0.4) is 0 Å². The molecule has 0 saturated carbocycles. The first kappa shape index (κ1) is 21.3. The maximum atomic E-state index is 11.9. The molecule has 22 heavy (non-hydrogen) atoms. The van der Waals surface area contributed by atoms with Crippen molar-refractivity contribution in [3.63, 3.8) is 0 Å². The van der Waals surface area contributed by atoms with Crippen LogP contribution in [-0.4, -0.2) is 25.2 Å². The minimum absolute atomic E-state index is 0.00365. The molecule has 0 spiro atoms. The summed E-state index contributed by atoms with van der Waals surface area (Å²) < 4.78 is 0. The van der Waals surface area contributed by atoms with Gasteiger partial charge < -0.3 is 9.63 Å². The first-order valence-corrected chi connectivity index (χ1v) is 8.96. The minimum atomic E-state index is -0.00365. The average molecular weight is 313 g/mol. The third kappa shape index (κ3) is 11.9. The van der Waals surface area contributed by atoms with Crippen LogP contribution in [-0.2, 0) is 14.4 Å². The molecule has 2 atom stereocenters. The molecule has 0 fully saturated rings. The normalized spacial score (nSPS) is 13.8. The third-order valence-corrected chi connectivity index (χ3v) is 4.13. The van der Waals surface area contributed by atoms with E-state index < -0.39 is 0 Å². The van der Waals surface area contributed by atoms with E-state index in [0.29, 0.717) is 19.4 Å². The number of nitrogens with one attached hydrogen (secondary N) is 1. The molecule has 0 rings (SSSR count). The predicted molar refractivity (Wildman–Crippen MR) is 90.6 cm³/mol. The Morgan fingerprint density at radius 3 is 2.45 bits per heavy atom. The summed E-state index contributed by atoms with van der Waals surface area (Å²) in [5.74, 6) is 0.301. The number of unbranched alkanes of at least 4 members (excludes halogenated alkanes) is 5. The Morgan fingerprint density at radius 1 is 1.14 bits per heavy atom. The Bertz CT molecular complexity index is 282. The molecule has 1 N–H and O–H groups in total. The van der Waals surface area contributed by atoms with Gasteiger partial charge in [0.25, 0.3) is 0 Å². The summed E-state index contributed by atoms with van der Waals surface area (Å²) in [5.41, 5.74) is 2.95. The lowest BCUT2D eigenvalue weighted by molar-refractivity contribution is -0.124. The molecule has 0 aliphatic rings. The van der Waals surface area contributed by atoms with E-state index in [9.17, 15) is 9.59 Å². The minimum Gasteiger partial charge on any atom is -0.303 e. The summed E-state index contributed by atoms with van der Waals surface area (Å²) in [4.78, 5) is 28.1. The highest BCUT2D eigenvalue weighted by molar-refractivity contribution is 5.81. The van der Waals surface area contributed by atoms with Crippen molar-refractivity contribution in [2.24, 2.45) is 11.8 Å². The molecular weight excluding hydrogens is 278 g/mol. The van der Waals surface area contributed by atoms with E-state index in [0.717, 1.165) is 25.7 Å². The summed E-state index contributed by atoms with van der Waals surface area (Å²) in [5, 5.41) is 0. The molecular formula is C18H35NO3. The molecule has 0 radical (unpaired) electrons. The Hall–Kier alpha value is -0.740. The Balaban J connectivity index is 3.69. The van der Waals surface area contributed by atoms with Gasteiger partial charge >= 0.3 is 0 Å². The van der Waals surface area contributed by atoms with Gasteiger partial charge in [-0.25, -0.2) is 5.48 Å². The highest BCUT2D eigenvalue weighted by Crippen LogP contribution is 2.14. The number of Topliss-reactive ketones (excluding diaryl/α,β-unsaturated/α-hetero) is 1. The number of rotatable bonds is 16. The zero-order valence-corrected chi connectivity index (χ0v) is 14.7. The van der Waals surface area contributed by atoms with E-state index in [4.69, 9.17) is 4.84 Å². The molecule has 4 nitrogen and oxygen atoms in total. The monoisotopic (exact) mass is 313 g/mol. The lowest BCUT2D eigenvalue weighted by atomic mass is 9.93. The highest BCUT2D eigenvalue weighted by atomic mass is 16.6. The number of carbonyl (C=O) groups excluding carboxylic acids is 2. The molecule has 0 aromatic carbocycles. The van der Waals surface area contributed by atoms with Crippen molar-refractivity contribution in [1.82, 2.24) is 5.48 Å². The van der Waals surface area contributed by atoms with E-state index >= 15 is 0 Å². The fourth-order valence-corrected chi connectivity index (χ4v) is 2.29. The number of aldehydes is 1. The van der Waals surface area contributed by atoms with Crippen molar-refractivity contribution in [1.29, 1.82) is 0 Å². The highest BCUT2D eigenvalue weighted by Gasteiger charge is 2.18. The SMILES string of the molecule is CCCCCCCCNOCC(CC=O)CC(=O)C(C)CC. The second-order valence-corrected chi connectivity index (χ2v) is 6.22. The maximum absolute atomic E-state index is 11.9. The molecule has 0 bridgehead atoms. The number of hydroxylamine groups is 1. The molecule has 130 valence electrons. The fourth-order valence-electron chi connectivity index (χ4n) is 2.29. The van der Waals surface area contributed by atoms with Gasteiger partial charge in [0.15, 0.2) is 0 Å². The average Bonchev–Trinajstić information content (AvgIpc) is 2.52. The van der Waals surface area contributed by atoms with E-state index in [2.05, 4.69) is 12.4 Å². The van der Waals surface area contributed by atoms with E-state index in [-0.39, 0.29) is 17.6 Å². The van der Waals surface area contributed by atoms with Crippen molar-refractivity contribution < 1.29 is 14.4 Å². The van der Waals surface area contributed by atoms with Gasteiger partial charge in [-0.15, -0.1) is 0 Å². The van der Waals surface area contributed by atoms with Gasteiger partial charge in [-0.3, -0.25) is 4.79 Å². The second kappa shape index (κ2) is 15.2. The third-order valence-electron chi connectivity index (χ3n) is 4.13. The summed E-state index contributed by atoms with van der Waals surface area (Å²) in [6.07, 6.45) is 10.1. The Kier molecular flexibility index (Phi) is 14.7. The Morgan fingerprint density at radius 2 is 1.82 bits per heavy atom. The van der Waals surface area contributed by atoms with Crippen molar-refractivity contribution in [2.75, 3.05) is 13.2 Å². The lowest BCUT2D eigenvalue weighted by Crippen LogP contribution is -2.24. The van der Waals surface area contributed by atoms with Gasteiger partial charge in [-0.05, 0) is 18.8 Å². The number of hydrogen-bond acceptors (Lipinski definition) is 4. The first-order valence-electron chi connectivity index (χ1n) is 8.96. The molecule has 0 aromatic rings.